The van der Waals surface area contributed by atoms with Crippen LogP contribution in [0.1, 0.15) is 51.7 Å². The molecule has 1 heterocycles. The van der Waals surface area contributed by atoms with E-state index in [2.05, 4.69) is 37.2 Å². The van der Waals surface area contributed by atoms with Gasteiger partial charge in [-0.3, -0.25) is 4.79 Å². The highest BCUT2D eigenvalue weighted by atomic mass is 79.9. The number of nitrogens with zero attached hydrogens (tertiary/aromatic N) is 1. The van der Waals surface area contributed by atoms with Gasteiger partial charge in [0.1, 0.15) is 10.8 Å². The van der Waals surface area contributed by atoms with Crippen molar-refractivity contribution in [3.63, 3.8) is 0 Å². The number of carbonyl (C=O) groups excluding carboxylic acids is 1. The molecule has 1 amide bonds. The Kier molecular flexibility index (Phi) is 7.81. The first-order chi connectivity index (χ1) is 15.6. The summed E-state index contributed by atoms with van der Waals surface area (Å²) in [5.41, 5.74) is 3.92. The third kappa shape index (κ3) is 5.33. The van der Waals surface area contributed by atoms with Crippen LogP contribution in [0.4, 0.5) is 5.00 Å². The Balaban J connectivity index is 1.61. The van der Waals surface area contributed by atoms with Gasteiger partial charge >= 0.3 is 0 Å². The zero-order valence-corrected chi connectivity index (χ0v) is 21.8. The van der Waals surface area contributed by atoms with E-state index in [0.717, 1.165) is 55.6 Å². The summed E-state index contributed by atoms with van der Waals surface area (Å²) in [6, 6.07) is 13.9. The maximum atomic E-state index is 13.2. The second-order valence-corrected chi connectivity index (χ2v) is 10.4. The molecular weight excluding hydrogens is 552 g/mol. The fourth-order valence-corrected chi connectivity index (χ4v) is 6.49. The number of aliphatic imine (C=N–C) groups is 1. The van der Waals surface area contributed by atoms with Crippen LogP contribution in [0, 0.1) is 0 Å². The molecule has 0 aliphatic heterocycles. The lowest BCUT2D eigenvalue weighted by Crippen LogP contribution is -2.24. The monoisotopic (exact) mass is 574 g/mol. The molecule has 0 bridgehead atoms. The topological polar surface area (TPSA) is 50.7 Å². The number of aryl methyl sites for hydroxylation is 1. The normalized spacial score (nSPS) is 13.2. The SMILES string of the molecule is CCOc1c(Br)cc(C=Nc2sc3c(c2C(=O)NCc2ccccc2)CCCC3)cc1Br. The number of hydrogen-bond donors (Lipinski definition) is 1. The molecule has 4 rings (SSSR count). The minimum atomic E-state index is -0.0468. The average molecular weight is 576 g/mol. The quantitative estimate of drug-likeness (QED) is 0.302. The van der Waals surface area contributed by atoms with Gasteiger partial charge in [-0.15, -0.1) is 11.3 Å². The highest BCUT2D eigenvalue weighted by Gasteiger charge is 2.25. The molecule has 166 valence electrons. The summed E-state index contributed by atoms with van der Waals surface area (Å²) in [6.07, 6.45) is 6.06. The number of benzene rings is 2. The largest absolute Gasteiger partial charge is 0.492 e. The van der Waals surface area contributed by atoms with E-state index in [4.69, 9.17) is 9.73 Å². The summed E-state index contributed by atoms with van der Waals surface area (Å²) in [6.45, 7) is 3.05. The van der Waals surface area contributed by atoms with E-state index >= 15 is 0 Å². The molecule has 0 unspecified atom stereocenters. The summed E-state index contributed by atoms with van der Waals surface area (Å²) in [4.78, 5) is 19.3. The molecule has 0 saturated carbocycles. The van der Waals surface area contributed by atoms with Crippen molar-refractivity contribution in [2.75, 3.05) is 6.61 Å². The molecule has 0 fully saturated rings. The number of thiophene rings is 1. The minimum absolute atomic E-state index is 0.0468. The molecule has 0 saturated heterocycles. The van der Waals surface area contributed by atoms with Gasteiger partial charge in [0.25, 0.3) is 5.91 Å². The van der Waals surface area contributed by atoms with Crippen LogP contribution in [0.25, 0.3) is 0 Å². The first kappa shape index (κ1) is 23.2. The standard InChI is InChI=1S/C25H24Br2N2O2S/c1-2-31-23-19(26)12-17(13-20(23)27)15-29-25-22(18-10-6-7-11-21(18)32-25)24(30)28-14-16-8-4-3-5-9-16/h3-5,8-9,12-13,15H,2,6-7,10-11,14H2,1H3,(H,28,30). The lowest BCUT2D eigenvalue weighted by molar-refractivity contribution is 0.0951. The van der Waals surface area contributed by atoms with Crippen molar-refractivity contribution in [3.05, 3.63) is 78.5 Å². The lowest BCUT2D eigenvalue weighted by atomic mass is 9.95. The number of carbonyl (C=O) groups is 1. The van der Waals surface area contributed by atoms with Crippen molar-refractivity contribution < 1.29 is 9.53 Å². The van der Waals surface area contributed by atoms with Crippen molar-refractivity contribution in [3.8, 4) is 5.75 Å². The van der Waals surface area contributed by atoms with Crippen molar-refractivity contribution >= 4 is 60.3 Å². The van der Waals surface area contributed by atoms with Crippen molar-refractivity contribution in [2.24, 2.45) is 4.99 Å². The van der Waals surface area contributed by atoms with Crippen LogP contribution >= 0.6 is 43.2 Å². The third-order valence-electron chi connectivity index (χ3n) is 5.32. The van der Waals surface area contributed by atoms with E-state index in [1.54, 1.807) is 11.3 Å². The summed E-state index contributed by atoms with van der Waals surface area (Å²) in [5.74, 6) is 0.728. The van der Waals surface area contributed by atoms with Crippen LogP contribution in [0.3, 0.4) is 0 Å². The molecule has 1 N–H and O–H groups in total. The number of rotatable bonds is 7. The maximum Gasteiger partial charge on any atom is 0.254 e. The summed E-state index contributed by atoms with van der Waals surface area (Å²) in [5, 5.41) is 3.87. The molecule has 3 aromatic rings. The smallest absolute Gasteiger partial charge is 0.254 e. The number of fused-ring (bicyclic) bond motifs is 1. The Morgan fingerprint density at radius 2 is 1.88 bits per heavy atom. The molecule has 4 nitrogen and oxygen atoms in total. The summed E-state index contributed by atoms with van der Waals surface area (Å²) >= 11 is 8.79. The second-order valence-electron chi connectivity index (χ2n) is 7.56. The van der Waals surface area contributed by atoms with E-state index in [1.165, 1.54) is 16.9 Å². The third-order valence-corrected chi connectivity index (χ3v) is 7.69. The maximum absolute atomic E-state index is 13.2. The first-order valence-corrected chi connectivity index (χ1v) is 13.1. The predicted octanol–water partition coefficient (Wildman–Crippen LogP) is 7.23. The van der Waals surface area contributed by atoms with Crippen molar-refractivity contribution in [2.45, 2.75) is 39.2 Å². The van der Waals surface area contributed by atoms with E-state index in [9.17, 15) is 4.79 Å². The lowest BCUT2D eigenvalue weighted by Gasteiger charge is -2.13. The van der Waals surface area contributed by atoms with Gasteiger partial charge in [0.05, 0.1) is 21.1 Å². The molecule has 1 aliphatic carbocycles. The van der Waals surface area contributed by atoms with Gasteiger partial charge in [0.2, 0.25) is 0 Å². The number of amides is 1. The fourth-order valence-electron chi connectivity index (χ4n) is 3.81. The minimum Gasteiger partial charge on any atom is -0.492 e. The number of halogens is 2. The van der Waals surface area contributed by atoms with Gasteiger partial charge in [0, 0.05) is 17.6 Å². The van der Waals surface area contributed by atoms with E-state index in [1.807, 2.05) is 55.6 Å². The number of ether oxygens (including phenoxy) is 1. The average Bonchev–Trinajstić information content (AvgIpc) is 3.18. The Labute approximate surface area is 209 Å². The Morgan fingerprint density at radius 3 is 2.59 bits per heavy atom. The Hall–Kier alpha value is -1.96. The highest BCUT2D eigenvalue weighted by molar-refractivity contribution is 9.11. The first-order valence-electron chi connectivity index (χ1n) is 10.7. The van der Waals surface area contributed by atoms with Gasteiger partial charge in [-0.2, -0.15) is 0 Å². The molecule has 1 aliphatic rings. The van der Waals surface area contributed by atoms with Gasteiger partial charge in [0.15, 0.2) is 0 Å². The van der Waals surface area contributed by atoms with Crippen molar-refractivity contribution in [1.82, 2.24) is 5.32 Å². The highest BCUT2D eigenvalue weighted by Crippen LogP contribution is 2.40. The molecular formula is C25H24Br2N2O2S. The molecule has 32 heavy (non-hydrogen) atoms. The van der Waals surface area contributed by atoms with E-state index in [0.29, 0.717) is 13.2 Å². The summed E-state index contributed by atoms with van der Waals surface area (Å²) in [7, 11) is 0. The molecule has 2 aromatic carbocycles. The Morgan fingerprint density at radius 1 is 1.16 bits per heavy atom. The fraction of sp³-hybridized carbons (Fsp3) is 0.280. The second kappa shape index (κ2) is 10.8. The van der Waals surface area contributed by atoms with Crippen LogP contribution in [-0.2, 0) is 19.4 Å². The zero-order chi connectivity index (χ0) is 22.5. The molecule has 0 spiro atoms. The van der Waals surface area contributed by atoms with E-state index in [-0.39, 0.29) is 5.91 Å². The zero-order valence-electron chi connectivity index (χ0n) is 17.8. The molecule has 0 atom stereocenters. The van der Waals surface area contributed by atoms with Crippen LogP contribution in [0.5, 0.6) is 5.75 Å². The van der Waals surface area contributed by atoms with Gasteiger partial charge in [-0.05, 0) is 93.3 Å². The van der Waals surface area contributed by atoms with E-state index < -0.39 is 0 Å². The van der Waals surface area contributed by atoms with Crippen LogP contribution in [-0.4, -0.2) is 18.7 Å². The molecule has 7 heteroatoms. The molecule has 0 radical (unpaired) electrons. The van der Waals surface area contributed by atoms with Gasteiger partial charge in [-0.25, -0.2) is 4.99 Å². The molecule has 1 aromatic heterocycles. The number of nitrogens with one attached hydrogen (secondary N) is 1. The Bertz CT molecular complexity index is 1120. The van der Waals surface area contributed by atoms with Crippen LogP contribution in [0.2, 0.25) is 0 Å². The number of hydrogen-bond acceptors (Lipinski definition) is 4. The van der Waals surface area contributed by atoms with Gasteiger partial charge in [-0.1, -0.05) is 30.3 Å². The summed E-state index contributed by atoms with van der Waals surface area (Å²) < 4.78 is 7.39. The van der Waals surface area contributed by atoms with Crippen molar-refractivity contribution in [1.29, 1.82) is 0 Å². The van der Waals surface area contributed by atoms with Gasteiger partial charge < -0.3 is 10.1 Å². The predicted molar refractivity (Wildman–Crippen MR) is 139 cm³/mol. The van der Waals surface area contributed by atoms with Crippen LogP contribution < -0.4 is 10.1 Å². The van der Waals surface area contributed by atoms with Crippen LogP contribution in [0.15, 0.2) is 56.4 Å².